The van der Waals surface area contributed by atoms with Crippen molar-refractivity contribution in [1.29, 1.82) is 0 Å². The molecule has 2 aromatic rings. The summed E-state index contributed by atoms with van der Waals surface area (Å²) in [6.07, 6.45) is 6.32. The van der Waals surface area contributed by atoms with Crippen LogP contribution in [-0.4, -0.2) is 33.8 Å². The number of aryl methyl sites for hydroxylation is 1. The van der Waals surface area contributed by atoms with E-state index >= 15 is 0 Å². The maximum Gasteiger partial charge on any atom is 0.191 e. The predicted molar refractivity (Wildman–Crippen MR) is 142 cm³/mol. The molecule has 1 aliphatic rings. The minimum atomic E-state index is -3.02. The Hall–Kier alpha value is -1.81. The third kappa shape index (κ3) is 8.61. The van der Waals surface area contributed by atoms with Gasteiger partial charge in [0.1, 0.15) is 5.75 Å². The maximum absolute atomic E-state index is 11.4. The predicted octanol–water partition coefficient (Wildman–Crippen LogP) is 4.34. The summed E-state index contributed by atoms with van der Waals surface area (Å²) in [5.74, 6) is 1.72. The molecule has 0 spiro atoms. The van der Waals surface area contributed by atoms with Crippen molar-refractivity contribution in [3.05, 3.63) is 64.7 Å². The summed E-state index contributed by atoms with van der Waals surface area (Å²) in [6.45, 7) is 3.30. The Kier molecular flexibility index (Phi) is 10.3. The summed E-state index contributed by atoms with van der Waals surface area (Å²) in [5.41, 5.74) is 4.16. The number of aliphatic imine (C=N–C) groups is 1. The van der Waals surface area contributed by atoms with E-state index < -0.39 is 9.84 Å². The Labute approximate surface area is 209 Å². The lowest BCUT2D eigenvalue weighted by Crippen LogP contribution is -2.36. The number of halogens is 1. The molecule has 0 amide bonds. The van der Waals surface area contributed by atoms with E-state index in [2.05, 4.69) is 40.7 Å². The van der Waals surface area contributed by atoms with E-state index in [1.165, 1.54) is 24.7 Å². The molecule has 2 aromatic carbocycles. The lowest BCUT2D eigenvalue weighted by Gasteiger charge is -2.18. The maximum atomic E-state index is 11.4. The second kappa shape index (κ2) is 12.4. The van der Waals surface area contributed by atoms with Crippen LogP contribution < -0.4 is 15.4 Å². The van der Waals surface area contributed by atoms with E-state index in [9.17, 15) is 8.42 Å². The Morgan fingerprint density at radius 3 is 2.28 bits per heavy atom. The van der Waals surface area contributed by atoms with Gasteiger partial charge in [-0.25, -0.2) is 8.42 Å². The normalized spacial score (nSPS) is 14.7. The number of nitrogens with zero attached hydrogens (tertiary/aromatic N) is 1. The molecule has 1 aliphatic carbocycles. The first kappa shape index (κ1) is 26.4. The minimum absolute atomic E-state index is 0. The Balaban J connectivity index is 0.00000363. The zero-order valence-electron chi connectivity index (χ0n) is 19.1. The molecule has 0 bridgehead atoms. The fourth-order valence-electron chi connectivity index (χ4n) is 3.74. The van der Waals surface area contributed by atoms with Gasteiger partial charge in [0.15, 0.2) is 15.8 Å². The van der Waals surface area contributed by atoms with Crippen LogP contribution in [0.3, 0.4) is 0 Å². The average Bonchev–Trinajstić information content (AvgIpc) is 3.22. The number of sulfone groups is 1. The summed E-state index contributed by atoms with van der Waals surface area (Å²) in [5, 5.41) is 6.67. The van der Waals surface area contributed by atoms with Crippen LogP contribution in [0.1, 0.15) is 47.9 Å². The van der Waals surface area contributed by atoms with Crippen molar-refractivity contribution in [2.24, 2.45) is 4.99 Å². The lowest BCUT2D eigenvalue weighted by molar-refractivity contribution is 0.207. The minimum Gasteiger partial charge on any atom is -0.490 e. The van der Waals surface area contributed by atoms with Crippen molar-refractivity contribution < 1.29 is 13.2 Å². The number of hydrogen-bond acceptors (Lipinski definition) is 4. The van der Waals surface area contributed by atoms with Crippen molar-refractivity contribution >= 4 is 39.8 Å². The fourth-order valence-corrected chi connectivity index (χ4v) is 4.54. The Morgan fingerprint density at radius 2 is 1.66 bits per heavy atom. The molecule has 6 nitrogen and oxygen atoms in total. The molecule has 32 heavy (non-hydrogen) atoms. The van der Waals surface area contributed by atoms with Crippen LogP contribution in [0.2, 0.25) is 0 Å². The zero-order chi connectivity index (χ0) is 22.3. The van der Waals surface area contributed by atoms with Crippen LogP contribution in [-0.2, 0) is 28.7 Å². The lowest BCUT2D eigenvalue weighted by atomic mass is 10.1. The number of rotatable bonds is 8. The standard InChI is InChI=1S/C24H33N3O3S.HI/c1-18-8-13-21(23(14-18)30-22-6-4-5-7-22)16-27-24(25-2)26-15-19-9-11-20(12-10-19)17-31(3,28)29;/h8-14,22H,4-7,15-17H2,1-3H3,(H2,25,26,27);1H. The third-order valence-corrected chi connectivity index (χ3v) is 6.26. The van der Waals surface area contributed by atoms with Crippen LogP contribution in [0.5, 0.6) is 5.75 Å². The topological polar surface area (TPSA) is 79.8 Å². The first-order valence-corrected chi connectivity index (χ1v) is 12.8. The quantitative estimate of drug-likeness (QED) is 0.280. The molecule has 0 aromatic heterocycles. The monoisotopic (exact) mass is 571 g/mol. The molecule has 3 rings (SSSR count). The van der Waals surface area contributed by atoms with Crippen molar-refractivity contribution in [2.75, 3.05) is 13.3 Å². The molecular weight excluding hydrogens is 537 g/mol. The van der Waals surface area contributed by atoms with E-state index in [1.54, 1.807) is 7.05 Å². The van der Waals surface area contributed by atoms with Crippen LogP contribution in [0.15, 0.2) is 47.5 Å². The molecule has 0 atom stereocenters. The van der Waals surface area contributed by atoms with Crippen LogP contribution >= 0.6 is 24.0 Å². The molecule has 1 fully saturated rings. The smallest absolute Gasteiger partial charge is 0.191 e. The SMILES string of the molecule is CN=C(NCc1ccc(CS(C)(=O)=O)cc1)NCc1ccc(C)cc1OC1CCCC1.I. The summed E-state index contributed by atoms with van der Waals surface area (Å²) in [4.78, 5) is 4.31. The number of hydrogen-bond donors (Lipinski definition) is 2. The molecule has 2 N–H and O–H groups in total. The van der Waals surface area contributed by atoms with Gasteiger partial charge < -0.3 is 15.4 Å². The largest absolute Gasteiger partial charge is 0.490 e. The van der Waals surface area contributed by atoms with Gasteiger partial charge in [0.2, 0.25) is 0 Å². The van der Waals surface area contributed by atoms with E-state index in [1.807, 2.05) is 24.3 Å². The van der Waals surface area contributed by atoms with Gasteiger partial charge in [-0.1, -0.05) is 36.4 Å². The van der Waals surface area contributed by atoms with Gasteiger partial charge >= 0.3 is 0 Å². The van der Waals surface area contributed by atoms with Crippen LogP contribution in [0, 0.1) is 6.92 Å². The highest BCUT2D eigenvalue weighted by atomic mass is 127. The van der Waals surface area contributed by atoms with Crippen LogP contribution in [0.25, 0.3) is 0 Å². The third-order valence-electron chi connectivity index (χ3n) is 5.40. The van der Waals surface area contributed by atoms with Gasteiger partial charge in [0, 0.05) is 32.0 Å². The summed E-state index contributed by atoms with van der Waals surface area (Å²) in [7, 11) is -1.28. The van der Waals surface area contributed by atoms with E-state index in [0.29, 0.717) is 25.2 Å². The fraction of sp³-hybridized carbons (Fsp3) is 0.458. The van der Waals surface area contributed by atoms with Gasteiger partial charge in [-0.15, -0.1) is 24.0 Å². The van der Waals surface area contributed by atoms with Gasteiger partial charge in [-0.2, -0.15) is 0 Å². The second-order valence-electron chi connectivity index (χ2n) is 8.30. The van der Waals surface area contributed by atoms with E-state index in [4.69, 9.17) is 4.74 Å². The molecule has 0 unspecified atom stereocenters. The Morgan fingerprint density at radius 1 is 1.03 bits per heavy atom. The molecule has 0 radical (unpaired) electrons. The van der Waals surface area contributed by atoms with Gasteiger partial charge in [0.05, 0.1) is 11.9 Å². The number of guanidine groups is 1. The van der Waals surface area contributed by atoms with Crippen molar-refractivity contribution in [3.8, 4) is 5.75 Å². The zero-order valence-corrected chi connectivity index (χ0v) is 22.2. The molecule has 0 heterocycles. The number of nitrogens with one attached hydrogen (secondary N) is 2. The Bertz CT molecular complexity index is 1000. The highest BCUT2D eigenvalue weighted by molar-refractivity contribution is 14.0. The van der Waals surface area contributed by atoms with Crippen molar-refractivity contribution in [3.63, 3.8) is 0 Å². The molecule has 0 saturated heterocycles. The summed E-state index contributed by atoms with van der Waals surface area (Å²) in [6, 6.07) is 13.9. The van der Waals surface area contributed by atoms with Gasteiger partial charge in [-0.05, 0) is 55.4 Å². The molecule has 8 heteroatoms. The van der Waals surface area contributed by atoms with Gasteiger partial charge in [0.25, 0.3) is 0 Å². The highest BCUT2D eigenvalue weighted by Crippen LogP contribution is 2.27. The molecule has 0 aliphatic heterocycles. The second-order valence-corrected chi connectivity index (χ2v) is 10.4. The number of benzene rings is 2. The van der Waals surface area contributed by atoms with Crippen LogP contribution in [0.4, 0.5) is 0 Å². The number of ether oxygens (including phenoxy) is 1. The van der Waals surface area contributed by atoms with Gasteiger partial charge in [-0.3, -0.25) is 4.99 Å². The van der Waals surface area contributed by atoms with E-state index in [-0.39, 0.29) is 29.7 Å². The van der Waals surface area contributed by atoms with Crippen molar-refractivity contribution in [2.45, 2.75) is 57.6 Å². The molecule has 1 saturated carbocycles. The molecule has 176 valence electrons. The first-order valence-electron chi connectivity index (χ1n) is 10.8. The summed E-state index contributed by atoms with van der Waals surface area (Å²) >= 11 is 0. The molecular formula is C24H34IN3O3S. The average molecular weight is 572 g/mol. The highest BCUT2D eigenvalue weighted by Gasteiger charge is 2.18. The van der Waals surface area contributed by atoms with E-state index in [0.717, 1.165) is 35.3 Å². The first-order chi connectivity index (χ1) is 14.8. The van der Waals surface area contributed by atoms with Crippen molar-refractivity contribution in [1.82, 2.24) is 10.6 Å². The summed E-state index contributed by atoms with van der Waals surface area (Å²) < 4.78 is 29.1.